The molecule has 2 amide bonds. The first-order valence-electron chi connectivity index (χ1n) is 13.1. The third-order valence-electron chi connectivity index (χ3n) is 7.86. The van der Waals surface area contributed by atoms with Crippen molar-refractivity contribution >= 4 is 11.8 Å². The number of nitrogens with zero attached hydrogens (tertiary/aromatic N) is 3. The zero-order valence-corrected chi connectivity index (χ0v) is 21.2. The Kier molecular flexibility index (Phi) is 6.64. The molecule has 202 valence electrons. The number of hydrogen-bond donors (Lipinski definition) is 1. The molecule has 0 bridgehead atoms. The highest BCUT2D eigenvalue weighted by Gasteiger charge is 2.45. The number of fused-ring (bicyclic) bond motifs is 4. The number of carbonyl (C=O) groups excluding carboxylic acids is 2. The van der Waals surface area contributed by atoms with Gasteiger partial charge in [-0.1, -0.05) is 36.4 Å². The van der Waals surface area contributed by atoms with Gasteiger partial charge in [-0.2, -0.15) is 0 Å². The molecule has 2 fully saturated rings. The first-order chi connectivity index (χ1) is 18.9. The molecule has 3 aromatic rings. The van der Waals surface area contributed by atoms with Crippen LogP contribution < -0.4 is 15.5 Å². The van der Waals surface area contributed by atoms with Crippen LogP contribution >= 0.6 is 0 Å². The summed E-state index contributed by atoms with van der Waals surface area (Å²) < 4.78 is 35.0. The molecule has 0 aliphatic carbocycles. The van der Waals surface area contributed by atoms with Gasteiger partial charge in [0.15, 0.2) is 11.4 Å². The summed E-state index contributed by atoms with van der Waals surface area (Å²) in [5.74, 6) is -2.73. The van der Waals surface area contributed by atoms with Crippen LogP contribution in [0.3, 0.4) is 0 Å². The molecule has 6 rings (SSSR count). The van der Waals surface area contributed by atoms with Gasteiger partial charge < -0.3 is 19.5 Å². The number of rotatable bonds is 6. The summed E-state index contributed by atoms with van der Waals surface area (Å²) >= 11 is 0. The standard InChI is InChI=1S/C29H28F2N4O4/c30-20-9-8-19(23(31)13-20)14-32-28(37)22-15-33-16-24-34-11-4-7-21(34)10-12-35(24)29(38)25(33)27(26(22)36)39-17-18-5-2-1-3-6-18/h1-3,5-6,8-9,13,15,21,24H,4,7,10-12,14,16-17H2,(H,32,37)/t21-,24?/m0/s1. The zero-order valence-electron chi connectivity index (χ0n) is 21.2. The number of halogens is 2. The average molecular weight is 535 g/mol. The highest BCUT2D eigenvalue weighted by Crippen LogP contribution is 2.35. The quantitative estimate of drug-likeness (QED) is 0.525. The summed E-state index contributed by atoms with van der Waals surface area (Å²) in [5, 5.41) is 2.55. The number of nitrogens with one attached hydrogen (secondary N) is 1. The number of benzene rings is 2. The summed E-state index contributed by atoms with van der Waals surface area (Å²) in [6.45, 7) is 1.69. The lowest BCUT2D eigenvalue weighted by atomic mass is 10.0. The maximum Gasteiger partial charge on any atom is 0.275 e. The van der Waals surface area contributed by atoms with Crippen LogP contribution in [0.1, 0.15) is 51.2 Å². The van der Waals surface area contributed by atoms with E-state index >= 15 is 0 Å². The molecule has 2 saturated heterocycles. The Hall–Kier alpha value is -4.05. The normalized spacial score (nSPS) is 20.3. The molecule has 2 aromatic carbocycles. The number of aromatic nitrogens is 1. The summed E-state index contributed by atoms with van der Waals surface area (Å²) in [5.41, 5.74) is 0.0928. The van der Waals surface area contributed by atoms with Crippen molar-refractivity contribution in [2.24, 2.45) is 0 Å². The Balaban J connectivity index is 1.35. The maximum absolute atomic E-state index is 14.1. The van der Waals surface area contributed by atoms with E-state index < -0.39 is 23.0 Å². The Morgan fingerprint density at radius 1 is 1.05 bits per heavy atom. The van der Waals surface area contributed by atoms with Crippen molar-refractivity contribution < 1.29 is 23.1 Å². The topological polar surface area (TPSA) is 83.9 Å². The summed E-state index contributed by atoms with van der Waals surface area (Å²) in [4.78, 5) is 44.7. The molecule has 0 saturated carbocycles. The van der Waals surface area contributed by atoms with Crippen molar-refractivity contribution in [1.29, 1.82) is 0 Å². The van der Waals surface area contributed by atoms with Crippen molar-refractivity contribution in [1.82, 2.24) is 19.7 Å². The first-order valence-corrected chi connectivity index (χ1v) is 13.1. The molecule has 0 spiro atoms. The second-order valence-electron chi connectivity index (χ2n) is 10.2. The number of hydrogen-bond acceptors (Lipinski definition) is 5. The lowest BCUT2D eigenvalue weighted by molar-refractivity contribution is -0.0213. The molecule has 1 N–H and O–H groups in total. The van der Waals surface area contributed by atoms with Gasteiger partial charge in [-0.25, -0.2) is 8.78 Å². The van der Waals surface area contributed by atoms with E-state index in [1.165, 1.54) is 12.3 Å². The van der Waals surface area contributed by atoms with Gasteiger partial charge in [0.25, 0.3) is 11.8 Å². The molecular weight excluding hydrogens is 506 g/mol. The highest BCUT2D eigenvalue weighted by molar-refractivity contribution is 5.99. The Morgan fingerprint density at radius 3 is 2.67 bits per heavy atom. The smallest absolute Gasteiger partial charge is 0.275 e. The second kappa shape index (κ2) is 10.3. The van der Waals surface area contributed by atoms with E-state index in [2.05, 4.69) is 10.2 Å². The van der Waals surface area contributed by atoms with Crippen LogP contribution in [0.25, 0.3) is 0 Å². The Bertz CT molecular complexity index is 1490. The van der Waals surface area contributed by atoms with E-state index in [1.54, 1.807) is 4.57 Å². The summed E-state index contributed by atoms with van der Waals surface area (Å²) in [6, 6.07) is 12.7. The Labute approximate surface area is 223 Å². The minimum absolute atomic E-state index is 0.0415. The number of carbonyl (C=O) groups is 2. The van der Waals surface area contributed by atoms with Gasteiger partial charge in [0, 0.05) is 43.5 Å². The lowest BCUT2D eigenvalue weighted by Crippen LogP contribution is -2.62. The lowest BCUT2D eigenvalue weighted by Gasteiger charge is -2.48. The van der Waals surface area contributed by atoms with Crippen molar-refractivity contribution in [3.8, 4) is 5.75 Å². The van der Waals surface area contributed by atoms with Gasteiger partial charge in [-0.05, 0) is 30.9 Å². The molecule has 0 radical (unpaired) electrons. The fraction of sp³-hybridized carbons (Fsp3) is 0.345. The number of amides is 2. The van der Waals surface area contributed by atoms with Crippen LogP contribution in [0.5, 0.6) is 5.75 Å². The molecule has 3 aliphatic heterocycles. The van der Waals surface area contributed by atoms with Crippen LogP contribution in [-0.2, 0) is 19.7 Å². The minimum atomic E-state index is -0.799. The van der Waals surface area contributed by atoms with Crippen LogP contribution in [0.2, 0.25) is 0 Å². The first kappa shape index (κ1) is 25.2. The van der Waals surface area contributed by atoms with E-state index in [1.807, 2.05) is 35.2 Å². The fourth-order valence-corrected chi connectivity index (χ4v) is 5.89. The third-order valence-corrected chi connectivity index (χ3v) is 7.86. The van der Waals surface area contributed by atoms with Crippen LogP contribution in [0.15, 0.2) is 59.5 Å². The third kappa shape index (κ3) is 4.69. The predicted molar refractivity (Wildman–Crippen MR) is 138 cm³/mol. The van der Waals surface area contributed by atoms with E-state index in [0.717, 1.165) is 43.5 Å². The fourth-order valence-electron chi connectivity index (χ4n) is 5.89. The van der Waals surface area contributed by atoms with Gasteiger partial charge in [-0.15, -0.1) is 0 Å². The Morgan fingerprint density at radius 2 is 1.87 bits per heavy atom. The van der Waals surface area contributed by atoms with Crippen LogP contribution in [-0.4, -0.2) is 51.5 Å². The minimum Gasteiger partial charge on any atom is -0.483 e. The van der Waals surface area contributed by atoms with Gasteiger partial charge in [0.05, 0.1) is 6.54 Å². The summed E-state index contributed by atoms with van der Waals surface area (Å²) in [7, 11) is 0. The van der Waals surface area contributed by atoms with Crippen molar-refractivity contribution in [2.45, 2.75) is 51.2 Å². The monoisotopic (exact) mass is 534 g/mol. The van der Waals surface area contributed by atoms with E-state index in [0.29, 0.717) is 19.1 Å². The van der Waals surface area contributed by atoms with Crippen molar-refractivity contribution in [2.75, 3.05) is 13.1 Å². The SMILES string of the molecule is O=C(NCc1ccc(F)cc1F)c1cn2c(c(OCc3ccccc3)c1=O)C(=O)N1CC[C@@H]3CCCN3C1C2. The largest absolute Gasteiger partial charge is 0.483 e. The van der Waals surface area contributed by atoms with Crippen molar-refractivity contribution in [3.05, 3.63) is 99.0 Å². The molecule has 1 aromatic heterocycles. The highest BCUT2D eigenvalue weighted by atomic mass is 19.1. The molecule has 3 aliphatic rings. The van der Waals surface area contributed by atoms with Crippen LogP contribution in [0, 0.1) is 11.6 Å². The van der Waals surface area contributed by atoms with Gasteiger partial charge in [0.1, 0.15) is 30.0 Å². The van der Waals surface area contributed by atoms with E-state index in [4.69, 9.17) is 4.74 Å². The molecule has 4 heterocycles. The van der Waals surface area contributed by atoms with E-state index in [9.17, 15) is 23.2 Å². The molecule has 39 heavy (non-hydrogen) atoms. The number of pyridine rings is 1. The molecule has 2 atom stereocenters. The van der Waals surface area contributed by atoms with Crippen LogP contribution in [0.4, 0.5) is 8.78 Å². The van der Waals surface area contributed by atoms with Crippen molar-refractivity contribution in [3.63, 3.8) is 0 Å². The van der Waals surface area contributed by atoms with Gasteiger partial charge >= 0.3 is 0 Å². The number of ether oxygens (including phenoxy) is 1. The zero-order chi connectivity index (χ0) is 27.1. The molecule has 1 unspecified atom stereocenters. The predicted octanol–water partition coefficient (Wildman–Crippen LogP) is 3.29. The van der Waals surface area contributed by atoms with E-state index in [-0.39, 0.29) is 47.8 Å². The second-order valence-corrected chi connectivity index (χ2v) is 10.2. The average Bonchev–Trinajstić information content (AvgIpc) is 3.42. The molecule has 10 heteroatoms. The molecule has 8 nitrogen and oxygen atoms in total. The summed E-state index contributed by atoms with van der Waals surface area (Å²) in [6.07, 6.45) is 4.28. The molecular formula is C29H28F2N4O4. The van der Waals surface area contributed by atoms with Gasteiger partial charge in [-0.3, -0.25) is 19.3 Å². The van der Waals surface area contributed by atoms with Gasteiger partial charge in [0.2, 0.25) is 5.43 Å². The maximum atomic E-state index is 14.1.